The smallest absolute Gasteiger partial charge is 0.264 e. The molecule has 5 nitrogen and oxygen atoms in total. The number of hydrogen-bond donors (Lipinski definition) is 1. The number of anilines is 1. The van der Waals surface area contributed by atoms with E-state index >= 15 is 0 Å². The van der Waals surface area contributed by atoms with Crippen molar-refractivity contribution in [2.45, 2.75) is 12.0 Å². The van der Waals surface area contributed by atoms with Crippen LogP contribution in [0.3, 0.4) is 0 Å². The number of ketones is 1. The van der Waals surface area contributed by atoms with Gasteiger partial charge >= 0.3 is 0 Å². The van der Waals surface area contributed by atoms with Gasteiger partial charge in [0.25, 0.3) is 5.91 Å². The Morgan fingerprint density at radius 3 is 2.87 bits per heavy atom. The molecule has 1 aliphatic heterocycles. The van der Waals surface area contributed by atoms with E-state index < -0.39 is 23.7 Å². The van der Waals surface area contributed by atoms with Crippen molar-refractivity contribution in [1.29, 1.82) is 0 Å². The summed E-state index contributed by atoms with van der Waals surface area (Å²) in [4.78, 5) is 26.4. The van der Waals surface area contributed by atoms with Gasteiger partial charge in [0.1, 0.15) is 0 Å². The number of Topliss-reactive ketones (excluding diaryl/α,β-unsaturated/α-hetero) is 1. The lowest BCUT2D eigenvalue weighted by atomic mass is 9.89. The zero-order chi connectivity index (χ0) is 16.6. The van der Waals surface area contributed by atoms with Gasteiger partial charge in [-0.05, 0) is 30.3 Å². The molecule has 118 valence electrons. The first kappa shape index (κ1) is 15.5. The van der Waals surface area contributed by atoms with Crippen LogP contribution in [0.5, 0.6) is 0 Å². The summed E-state index contributed by atoms with van der Waals surface area (Å²) in [6.45, 7) is 3.84. The molecule has 0 bridgehead atoms. The summed E-state index contributed by atoms with van der Waals surface area (Å²) in [5.74, 6) is -0.941. The van der Waals surface area contributed by atoms with E-state index in [9.17, 15) is 14.7 Å². The Morgan fingerprint density at radius 2 is 2.22 bits per heavy atom. The minimum absolute atomic E-state index is 0.0944. The van der Waals surface area contributed by atoms with Crippen molar-refractivity contribution < 1.29 is 19.1 Å². The maximum atomic E-state index is 12.7. The van der Waals surface area contributed by atoms with Crippen molar-refractivity contribution in [2.24, 2.45) is 0 Å². The lowest BCUT2D eigenvalue weighted by molar-refractivity contribution is -0.135. The number of rotatable bonds is 5. The third-order valence-corrected chi connectivity index (χ3v) is 4.05. The van der Waals surface area contributed by atoms with Crippen LogP contribution < -0.4 is 4.90 Å². The van der Waals surface area contributed by atoms with Crippen molar-refractivity contribution in [3.63, 3.8) is 0 Å². The van der Waals surface area contributed by atoms with Crippen molar-refractivity contribution in [2.75, 3.05) is 11.4 Å². The van der Waals surface area contributed by atoms with Gasteiger partial charge in [0.2, 0.25) is 5.78 Å². The molecule has 0 aliphatic carbocycles. The van der Waals surface area contributed by atoms with E-state index in [0.29, 0.717) is 16.3 Å². The van der Waals surface area contributed by atoms with Crippen LogP contribution in [0.1, 0.15) is 22.5 Å². The SMILES string of the molecule is C=CCN1C(=O)C(O)(CC(=O)c2ccco2)c2cc(Cl)ccc21. The first-order valence-corrected chi connectivity index (χ1v) is 7.37. The third kappa shape index (κ3) is 2.48. The molecule has 0 radical (unpaired) electrons. The van der Waals surface area contributed by atoms with E-state index in [0.717, 1.165) is 0 Å². The Balaban J connectivity index is 2.04. The fourth-order valence-electron chi connectivity index (χ4n) is 2.76. The predicted octanol–water partition coefficient (Wildman–Crippen LogP) is 2.93. The molecule has 3 rings (SSSR count). The van der Waals surface area contributed by atoms with E-state index in [-0.39, 0.29) is 12.3 Å². The summed E-state index contributed by atoms with van der Waals surface area (Å²) < 4.78 is 5.04. The summed E-state index contributed by atoms with van der Waals surface area (Å²) in [7, 11) is 0. The topological polar surface area (TPSA) is 70.8 Å². The van der Waals surface area contributed by atoms with Crippen LogP contribution in [0, 0.1) is 0 Å². The summed E-state index contributed by atoms with van der Waals surface area (Å²) in [5.41, 5.74) is -1.13. The standard InChI is InChI=1S/C17H14ClNO4/c1-2-7-19-13-6-5-11(18)9-12(13)17(22,16(19)21)10-14(20)15-4-3-8-23-15/h2-6,8-9,22H,1,7,10H2. The molecule has 0 spiro atoms. The lowest BCUT2D eigenvalue weighted by Crippen LogP contribution is -2.41. The molecule has 1 aromatic carbocycles. The monoisotopic (exact) mass is 331 g/mol. The Labute approximate surface area is 137 Å². The molecule has 2 aromatic rings. The number of amides is 1. The van der Waals surface area contributed by atoms with Crippen molar-refractivity contribution in [1.82, 2.24) is 0 Å². The summed E-state index contributed by atoms with van der Waals surface area (Å²) in [6, 6.07) is 7.85. The van der Waals surface area contributed by atoms with Gasteiger partial charge in [0.05, 0.1) is 18.4 Å². The van der Waals surface area contributed by atoms with Crippen molar-refractivity contribution in [3.8, 4) is 0 Å². The van der Waals surface area contributed by atoms with Gasteiger partial charge in [0.15, 0.2) is 11.4 Å². The molecule has 1 N–H and O–H groups in total. The maximum Gasteiger partial charge on any atom is 0.264 e. The molecule has 1 aliphatic rings. The fourth-order valence-corrected chi connectivity index (χ4v) is 2.93. The lowest BCUT2D eigenvalue weighted by Gasteiger charge is -2.21. The van der Waals surface area contributed by atoms with Crippen LogP contribution in [0.4, 0.5) is 5.69 Å². The van der Waals surface area contributed by atoms with Gasteiger partial charge in [-0.15, -0.1) is 6.58 Å². The van der Waals surface area contributed by atoms with Gasteiger partial charge < -0.3 is 14.4 Å². The zero-order valence-electron chi connectivity index (χ0n) is 12.2. The highest BCUT2D eigenvalue weighted by molar-refractivity contribution is 6.31. The second kappa shape index (κ2) is 5.68. The number of carbonyl (C=O) groups excluding carboxylic acids is 2. The van der Waals surface area contributed by atoms with Crippen LogP contribution in [0.15, 0.2) is 53.7 Å². The average molecular weight is 332 g/mol. The molecule has 1 amide bonds. The Morgan fingerprint density at radius 1 is 1.43 bits per heavy atom. The minimum Gasteiger partial charge on any atom is -0.461 e. The van der Waals surface area contributed by atoms with Gasteiger partial charge in [-0.2, -0.15) is 0 Å². The zero-order valence-corrected chi connectivity index (χ0v) is 12.9. The molecule has 6 heteroatoms. The number of furan rings is 1. The van der Waals surface area contributed by atoms with E-state index in [2.05, 4.69) is 6.58 Å². The first-order chi connectivity index (χ1) is 11.0. The summed E-state index contributed by atoms with van der Waals surface area (Å²) in [6.07, 6.45) is 2.50. The van der Waals surface area contributed by atoms with Crippen LogP contribution >= 0.6 is 11.6 Å². The molecule has 0 saturated heterocycles. The molecular weight excluding hydrogens is 318 g/mol. The quantitative estimate of drug-likeness (QED) is 0.675. The van der Waals surface area contributed by atoms with E-state index in [1.807, 2.05) is 0 Å². The Hall–Kier alpha value is -2.37. The van der Waals surface area contributed by atoms with Gasteiger partial charge in [-0.3, -0.25) is 9.59 Å². The van der Waals surface area contributed by atoms with E-state index in [1.165, 1.54) is 23.3 Å². The maximum absolute atomic E-state index is 12.7. The third-order valence-electron chi connectivity index (χ3n) is 3.82. The van der Waals surface area contributed by atoms with Crippen molar-refractivity contribution in [3.05, 3.63) is 65.6 Å². The number of hydrogen-bond acceptors (Lipinski definition) is 4. The molecule has 0 fully saturated rings. The van der Waals surface area contributed by atoms with E-state index in [4.69, 9.17) is 16.0 Å². The second-order valence-corrected chi connectivity index (χ2v) is 5.74. The minimum atomic E-state index is -1.97. The van der Waals surface area contributed by atoms with Crippen LogP contribution in [0.2, 0.25) is 5.02 Å². The number of benzene rings is 1. The molecule has 0 saturated carbocycles. The molecular formula is C17H14ClNO4. The highest BCUT2D eigenvalue weighted by atomic mass is 35.5. The molecule has 1 aromatic heterocycles. The van der Waals surface area contributed by atoms with Gasteiger partial charge in [-0.1, -0.05) is 17.7 Å². The second-order valence-electron chi connectivity index (χ2n) is 5.30. The highest BCUT2D eigenvalue weighted by Crippen LogP contribution is 2.44. The normalized spacial score (nSPS) is 19.7. The van der Waals surface area contributed by atoms with Crippen molar-refractivity contribution >= 4 is 29.0 Å². The fraction of sp³-hybridized carbons (Fsp3) is 0.176. The predicted molar refractivity (Wildman–Crippen MR) is 85.6 cm³/mol. The molecule has 1 atom stereocenters. The summed E-state index contributed by atoms with van der Waals surface area (Å²) in [5, 5.41) is 11.3. The largest absolute Gasteiger partial charge is 0.461 e. The Kier molecular flexibility index (Phi) is 3.83. The molecule has 2 heterocycles. The number of nitrogens with zero attached hydrogens (tertiary/aromatic N) is 1. The first-order valence-electron chi connectivity index (χ1n) is 6.99. The van der Waals surface area contributed by atoms with Gasteiger partial charge in [-0.25, -0.2) is 0 Å². The molecule has 1 unspecified atom stereocenters. The summed E-state index contributed by atoms with van der Waals surface area (Å²) >= 11 is 5.99. The Bertz CT molecular complexity index is 784. The van der Waals surface area contributed by atoms with Crippen LogP contribution in [-0.4, -0.2) is 23.3 Å². The highest BCUT2D eigenvalue weighted by Gasteiger charge is 2.51. The average Bonchev–Trinajstić information content (AvgIpc) is 3.11. The number of halogens is 1. The van der Waals surface area contributed by atoms with Crippen LogP contribution in [-0.2, 0) is 10.4 Å². The number of carbonyl (C=O) groups is 2. The van der Waals surface area contributed by atoms with Crippen LogP contribution in [0.25, 0.3) is 0 Å². The number of fused-ring (bicyclic) bond motifs is 1. The van der Waals surface area contributed by atoms with Gasteiger partial charge in [0, 0.05) is 17.1 Å². The van der Waals surface area contributed by atoms with E-state index in [1.54, 1.807) is 24.3 Å². The number of aliphatic hydroxyl groups is 1. The molecule has 23 heavy (non-hydrogen) atoms.